The van der Waals surface area contributed by atoms with Gasteiger partial charge in [0, 0.05) is 10.9 Å². The Morgan fingerprint density at radius 3 is 2.28 bits per heavy atom. The molecule has 1 aliphatic rings. The number of fused-ring (bicyclic) bond motifs is 1. The van der Waals surface area contributed by atoms with Gasteiger partial charge >= 0.3 is 0 Å². The monoisotopic (exact) mass is 480 g/mol. The second-order valence-corrected chi connectivity index (χ2v) is 10.7. The maximum absolute atomic E-state index is 15.1. The van der Waals surface area contributed by atoms with Crippen molar-refractivity contribution in [3.63, 3.8) is 0 Å². The van der Waals surface area contributed by atoms with Crippen LogP contribution in [-0.4, -0.2) is 0 Å². The highest BCUT2D eigenvalue weighted by Gasteiger charge is 2.20. The van der Waals surface area contributed by atoms with Gasteiger partial charge in [0.25, 0.3) is 0 Å². The van der Waals surface area contributed by atoms with Crippen LogP contribution in [0.4, 0.5) is 4.39 Å². The highest BCUT2D eigenvalue weighted by atomic mass is 19.1. The molecule has 0 aromatic heterocycles. The van der Waals surface area contributed by atoms with Crippen LogP contribution >= 0.6 is 0 Å². The zero-order chi connectivity index (χ0) is 25.2. The summed E-state index contributed by atoms with van der Waals surface area (Å²) < 4.78 is 15.1. The molecule has 1 fully saturated rings. The van der Waals surface area contributed by atoms with Gasteiger partial charge in [0.2, 0.25) is 0 Å². The van der Waals surface area contributed by atoms with Crippen LogP contribution in [0.2, 0.25) is 0 Å². The standard InChI is InChI=1S/C35H41F/c1-3-5-7-9-27-10-12-28(13-11-27)14-15-29-16-18-30(19-17-29)20-22-32-23-24-33-26-31(8-6-4-2)21-25-34(33)35(32)36/h4,16-19,21,23-28H,2-3,5-15H2,1H3. The van der Waals surface area contributed by atoms with Crippen LogP contribution in [-0.2, 0) is 12.8 Å². The lowest BCUT2D eigenvalue weighted by Crippen LogP contribution is -2.15. The molecule has 0 nitrogen and oxygen atoms in total. The lowest BCUT2D eigenvalue weighted by molar-refractivity contribution is 0.249. The Hall–Kier alpha value is -2.85. The maximum Gasteiger partial charge on any atom is 0.146 e. The molecule has 0 atom stereocenters. The van der Waals surface area contributed by atoms with Crippen molar-refractivity contribution in [2.24, 2.45) is 11.8 Å². The quantitative estimate of drug-likeness (QED) is 0.154. The minimum absolute atomic E-state index is 0.230. The average Bonchev–Trinajstić information content (AvgIpc) is 2.92. The highest BCUT2D eigenvalue weighted by Crippen LogP contribution is 2.34. The van der Waals surface area contributed by atoms with Crippen LogP contribution in [0.3, 0.4) is 0 Å². The number of unbranched alkanes of at least 4 members (excludes halogenated alkanes) is 2. The van der Waals surface area contributed by atoms with Crippen molar-refractivity contribution < 1.29 is 4.39 Å². The van der Waals surface area contributed by atoms with Crippen LogP contribution in [0.15, 0.2) is 67.3 Å². The number of hydrogen-bond donors (Lipinski definition) is 0. The molecule has 3 aromatic carbocycles. The van der Waals surface area contributed by atoms with Crippen molar-refractivity contribution in [3.05, 3.63) is 95.3 Å². The van der Waals surface area contributed by atoms with Crippen molar-refractivity contribution in [2.45, 2.75) is 84.0 Å². The third kappa shape index (κ3) is 7.33. The Labute approximate surface area is 218 Å². The zero-order valence-electron chi connectivity index (χ0n) is 22.0. The smallest absolute Gasteiger partial charge is 0.146 e. The largest absolute Gasteiger partial charge is 0.205 e. The van der Waals surface area contributed by atoms with Crippen LogP contribution in [0.5, 0.6) is 0 Å². The predicted octanol–water partition coefficient (Wildman–Crippen LogP) is 9.82. The summed E-state index contributed by atoms with van der Waals surface area (Å²) in [6.45, 7) is 6.07. The minimum atomic E-state index is -0.230. The fourth-order valence-electron chi connectivity index (χ4n) is 5.62. The topological polar surface area (TPSA) is 0 Å². The van der Waals surface area contributed by atoms with Crippen LogP contribution in [0.1, 0.15) is 93.4 Å². The number of allylic oxidation sites excluding steroid dienone is 1. The number of hydrogen-bond acceptors (Lipinski definition) is 0. The van der Waals surface area contributed by atoms with Crippen molar-refractivity contribution in [2.75, 3.05) is 0 Å². The predicted molar refractivity (Wildman–Crippen MR) is 153 cm³/mol. The Bertz CT molecular complexity index is 1180. The fourth-order valence-corrected chi connectivity index (χ4v) is 5.62. The minimum Gasteiger partial charge on any atom is -0.205 e. The lowest BCUT2D eigenvalue weighted by atomic mass is 9.78. The van der Waals surface area contributed by atoms with E-state index in [0.29, 0.717) is 10.9 Å². The van der Waals surface area contributed by atoms with E-state index in [4.69, 9.17) is 0 Å². The van der Waals surface area contributed by atoms with Gasteiger partial charge in [-0.05, 0) is 72.2 Å². The summed E-state index contributed by atoms with van der Waals surface area (Å²) >= 11 is 0. The normalized spacial score (nSPS) is 17.5. The average molecular weight is 481 g/mol. The molecule has 1 saturated carbocycles. The van der Waals surface area contributed by atoms with Gasteiger partial charge in [-0.3, -0.25) is 0 Å². The van der Waals surface area contributed by atoms with E-state index in [1.807, 2.05) is 24.3 Å². The molecule has 0 unspecified atom stereocenters. The molecular weight excluding hydrogens is 439 g/mol. The van der Waals surface area contributed by atoms with E-state index in [-0.39, 0.29) is 5.82 Å². The Morgan fingerprint density at radius 1 is 0.833 bits per heavy atom. The molecule has 0 heterocycles. The lowest BCUT2D eigenvalue weighted by Gasteiger charge is -2.28. The van der Waals surface area contributed by atoms with Crippen molar-refractivity contribution in [1.82, 2.24) is 0 Å². The van der Waals surface area contributed by atoms with Crippen LogP contribution in [0.25, 0.3) is 10.8 Å². The van der Waals surface area contributed by atoms with E-state index in [1.165, 1.54) is 68.9 Å². The van der Waals surface area contributed by atoms with Gasteiger partial charge in [-0.2, -0.15) is 0 Å². The summed E-state index contributed by atoms with van der Waals surface area (Å²) in [4.78, 5) is 0. The molecule has 0 saturated heterocycles. The SMILES string of the molecule is C=CCCc1ccc2c(F)c(C#Cc3ccc(CCC4CCC(CCCCC)CC4)cc3)ccc2c1. The molecule has 0 spiro atoms. The molecule has 1 heteroatoms. The van der Waals surface area contributed by atoms with E-state index in [9.17, 15) is 0 Å². The van der Waals surface area contributed by atoms with Gasteiger partial charge in [0.05, 0.1) is 5.56 Å². The first kappa shape index (κ1) is 26.2. The Balaban J connectivity index is 1.30. The summed E-state index contributed by atoms with van der Waals surface area (Å²) in [5, 5.41) is 1.56. The first-order valence-corrected chi connectivity index (χ1v) is 14.1. The van der Waals surface area contributed by atoms with E-state index < -0.39 is 0 Å². The van der Waals surface area contributed by atoms with E-state index in [1.54, 1.807) is 6.07 Å². The zero-order valence-corrected chi connectivity index (χ0v) is 22.0. The van der Waals surface area contributed by atoms with Gasteiger partial charge in [-0.25, -0.2) is 4.39 Å². The number of benzene rings is 3. The highest BCUT2D eigenvalue weighted by molar-refractivity contribution is 5.85. The Morgan fingerprint density at radius 2 is 1.56 bits per heavy atom. The summed E-state index contributed by atoms with van der Waals surface area (Å²) in [5.74, 6) is 7.86. The second-order valence-electron chi connectivity index (χ2n) is 10.7. The van der Waals surface area contributed by atoms with Gasteiger partial charge in [-0.15, -0.1) is 6.58 Å². The maximum atomic E-state index is 15.1. The van der Waals surface area contributed by atoms with Gasteiger partial charge < -0.3 is 0 Å². The molecule has 4 rings (SSSR count). The van der Waals surface area contributed by atoms with Crippen molar-refractivity contribution in [1.29, 1.82) is 0 Å². The number of aryl methyl sites for hydroxylation is 2. The molecule has 3 aromatic rings. The third-order valence-electron chi connectivity index (χ3n) is 7.97. The van der Waals surface area contributed by atoms with Crippen molar-refractivity contribution in [3.8, 4) is 11.8 Å². The van der Waals surface area contributed by atoms with E-state index >= 15 is 4.39 Å². The van der Waals surface area contributed by atoms with Crippen LogP contribution < -0.4 is 0 Å². The third-order valence-corrected chi connectivity index (χ3v) is 7.97. The van der Waals surface area contributed by atoms with Gasteiger partial charge in [0.15, 0.2) is 0 Å². The summed E-state index contributed by atoms with van der Waals surface area (Å²) in [6.07, 6.45) is 17.5. The molecular formula is C35H41F. The van der Waals surface area contributed by atoms with Crippen LogP contribution in [0, 0.1) is 29.5 Å². The van der Waals surface area contributed by atoms with Gasteiger partial charge in [-0.1, -0.05) is 113 Å². The first-order valence-electron chi connectivity index (χ1n) is 14.1. The molecule has 1 aliphatic carbocycles. The summed E-state index contributed by atoms with van der Waals surface area (Å²) in [7, 11) is 0. The Kier molecular flexibility index (Phi) is 9.80. The summed E-state index contributed by atoms with van der Waals surface area (Å²) in [5.41, 5.74) is 3.98. The van der Waals surface area contributed by atoms with Crippen molar-refractivity contribution >= 4 is 10.8 Å². The molecule has 0 N–H and O–H groups in total. The molecule has 0 aliphatic heterocycles. The number of rotatable bonds is 10. The molecule has 0 radical (unpaired) electrons. The second kappa shape index (κ2) is 13.5. The van der Waals surface area contributed by atoms with E-state index in [0.717, 1.165) is 42.0 Å². The first-order chi connectivity index (χ1) is 17.7. The molecule has 36 heavy (non-hydrogen) atoms. The molecule has 0 amide bonds. The summed E-state index contributed by atoms with van der Waals surface area (Å²) in [6, 6.07) is 18.3. The number of halogens is 1. The molecule has 0 bridgehead atoms. The molecule has 188 valence electrons. The van der Waals surface area contributed by atoms with E-state index in [2.05, 4.69) is 55.7 Å². The fraction of sp³-hybridized carbons (Fsp3) is 0.429. The van der Waals surface area contributed by atoms with Gasteiger partial charge in [0.1, 0.15) is 5.82 Å².